The van der Waals surface area contributed by atoms with Crippen molar-refractivity contribution in [2.45, 2.75) is 38.1 Å². The highest BCUT2D eigenvalue weighted by Crippen LogP contribution is 2.19. The summed E-state index contributed by atoms with van der Waals surface area (Å²) >= 11 is 0. The Balaban J connectivity index is 1.71. The maximum absolute atomic E-state index is 12.7. The molecule has 3 aromatic carbocycles. The van der Waals surface area contributed by atoms with E-state index in [9.17, 15) is 18.0 Å². The topological polar surface area (TPSA) is 104 Å². The van der Waals surface area contributed by atoms with Gasteiger partial charge in [-0.05, 0) is 82.3 Å². The van der Waals surface area contributed by atoms with Gasteiger partial charge >= 0.3 is 0 Å². The van der Waals surface area contributed by atoms with Gasteiger partial charge in [-0.2, -0.15) is 0 Å². The van der Waals surface area contributed by atoms with Crippen LogP contribution in [0.4, 0.5) is 11.4 Å². The van der Waals surface area contributed by atoms with E-state index in [1.54, 1.807) is 48.5 Å². The maximum atomic E-state index is 12.7. The second-order valence-electron chi connectivity index (χ2n) is 8.73. The molecule has 0 saturated heterocycles. The molecule has 172 valence electrons. The van der Waals surface area contributed by atoms with Crippen LogP contribution in [0.25, 0.3) is 0 Å². The molecular weight excluding hydrogens is 438 g/mol. The van der Waals surface area contributed by atoms with Crippen molar-refractivity contribution in [1.82, 2.24) is 5.32 Å². The molecule has 3 rings (SSSR count). The molecule has 7 nitrogen and oxygen atoms in total. The number of benzene rings is 3. The van der Waals surface area contributed by atoms with Gasteiger partial charge in [0.05, 0.1) is 4.90 Å². The molecule has 0 heterocycles. The number of hydrogen-bond acceptors (Lipinski definition) is 4. The standard InChI is InChI=1S/C25H27N3O4S/c1-17-8-12-21(13-9-17)28-33(31,32)22-7-5-6-19(16-22)23(29)26-20-14-10-18(11-15-20)24(30)27-25(2,3)4/h5-16,28H,1-4H3,(H,26,29)(H,27,30). The first-order valence-electron chi connectivity index (χ1n) is 10.4. The van der Waals surface area contributed by atoms with Crippen LogP contribution in [0.2, 0.25) is 0 Å². The third-order valence-corrected chi connectivity index (χ3v) is 5.98. The van der Waals surface area contributed by atoms with E-state index >= 15 is 0 Å². The van der Waals surface area contributed by atoms with E-state index in [2.05, 4.69) is 15.4 Å². The number of aryl methyl sites for hydroxylation is 1. The third kappa shape index (κ3) is 6.66. The zero-order chi connectivity index (χ0) is 24.2. The number of nitrogens with one attached hydrogen (secondary N) is 3. The molecular formula is C25H27N3O4S. The lowest BCUT2D eigenvalue weighted by Crippen LogP contribution is -2.40. The fourth-order valence-corrected chi connectivity index (χ4v) is 4.07. The molecule has 0 unspecified atom stereocenters. The molecule has 2 amide bonds. The Morgan fingerprint density at radius 1 is 0.758 bits per heavy atom. The van der Waals surface area contributed by atoms with Gasteiger partial charge in [-0.25, -0.2) is 8.42 Å². The minimum absolute atomic E-state index is 0.0232. The average molecular weight is 466 g/mol. The van der Waals surface area contributed by atoms with Gasteiger partial charge in [0.15, 0.2) is 0 Å². The van der Waals surface area contributed by atoms with Gasteiger partial charge in [-0.15, -0.1) is 0 Å². The van der Waals surface area contributed by atoms with Crippen molar-refractivity contribution < 1.29 is 18.0 Å². The van der Waals surface area contributed by atoms with Crippen molar-refractivity contribution in [3.63, 3.8) is 0 Å². The minimum Gasteiger partial charge on any atom is -0.347 e. The lowest BCUT2D eigenvalue weighted by atomic mass is 10.1. The summed E-state index contributed by atoms with van der Waals surface area (Å²) in [7, 11) is -3.86. The van der Waals surface area contributed by atoms with Crippen molar-refractivity contribution >= 4 is 33.2 Å². The number of rotatable bonds is 6. The Morgan fingerprint density at radius 3 is 1.97 bits per heavy atom. The van der Waals surface area contributed by atoms with Gasteiger partial charge in [0, 0.05) is 28.0 Å². The van der Waals surface area contributed by atoms with Crippen LogP contribution in [0.1, 0.15) is 47.1 Å². The molecule has 0 bridgehead atoms. The van der Waals surface area contributed by atoms with E-state index in [0.717, 1.165) is 5.56 Å². The van der Waals surface area contributed by atoms with Crippen LogP contribution in [-0.4, -0.2) is 25.8 Å². The van der Waals surface area contributed by atoms with Crippen molar-refractivity contribution in [1.29, 1.82) is 0 Å². The van der Waals surface area contributed by atoms with Gasteiger partial charge in [-0.1, -0.05) is 23.8 Å². The molecule has 3 N–H and O–H groups in total. The highest BCUT2D eigenvalue weighted by molar-refractivity contribution is 7.92. The van der Waals surface area contributed by atoms with Gasteiger partial charge in [0.1, 0.15) is 0 Å². The molecule has 0 aromatic heterocycles. The van der Waals surface area contributed by atoms with Gasteiger partial charge in [0.25, 0.3) is 21.8 Å². The molecule has 0 aliphatic rings. The number of anilines is 2. The minimum atomic E-state index is -3.86. The van der Waals surface area contributed by atoms with E-state index in [1.807, 2.05) is 27.7 Å². The number of sulfonamides is 1. The predicted octanol–water partition coefficient (Wildman–Crippen LogP) is 4.58. The lowest BCUT2D eigenvalue weighted by molar-refractivity contribution is 0.0919. The molecule has 0 atom stereocenters. The molecule has 3 aromatic rings. The highest BCUT2D eigenvalue weighted by atomic mass is 32.2. The van der Waals surface area contributed by atoms with Crippen LogP contribution in [0.3, 0.4) is 0 Å². The number of amides is 2. The summed E-state index contributed by atoms with van der Waals surface area (Å²) in [5, 5.41) is 5.59. The SMILES string of the molecule is Cc1ccc(NS(=O)(=O)c2cccc(C(=O)Nc3ccc(C(=O)NC(C)(C)C)cc3)c2)cc1. The van der Waals surface area contributed by atoms with Gasteiger partial charge < -0.3 is 10.6 Å². The summed E-state index contributed by atoms with van der Waals surface area (Å²) in [5.41, 5.74) is 2.24. The Bertz CT molecular complexity index is 1260. The van der Waals surface area contributed by atoms with Gasteiger partial charge in [0.2, 0.25) is 0 Å². The lowest BCUT2D eigenvalue weighted by Gasteiger charge is -2.20. The second-order valence-corrected chi connectivity index (χ2v) is 10.4. The Morgan fingerprint density at radius 2 is 1.36 bits per heavy atom. The Labute approximate surface area is 194 Å². The zero-order valence-corrected chi connectivity index (χ0v) is 19.8. The first kappa shape index (κ1) is 24.0. The molecule has 0 fully saturated rings. The summed E-state index contributed by atoms with van der Waals surface area (Å²) in [6.45, 7) is 7.59. The van der Waals surface area contributed by atoms with Crippen molar-refractivity contribution in [3.8, 4) is 0 Å². The molecule has 8 heteroatoms. The second kappa shape index (κ2) is 9.46. The van der Waals surface area contributed by atoms with Crippen LogP contribution in [-0.2, 0) is 10.0 Å². The fourth-order valence-electron chi connectivity index (χ4n) is 2.96. The summed E-state index contributed by atoms with van der Waals surface area (Å²) in [6, 6.07) is 19.2. The molecule has 33 heavy (non-hydrogen) atoms. The van der Waals surface area contributed by atoms with Crippen molar-refractivity contribution in [2.24, 2.45) is 0 Å². The fraction of sp³-hybridized carbons (Fsp3) is 0.200. The van der Waals surface area contributed by atoms with Crippen LogP contribution >= 0.6 is 0 Å². The molecule has 0 spiro atoms. The molecule has 0 radical (unpaired) electrons. The number of carbonyl (C=O) groups is 2. The van der Waals surface area contributed by atoms with E-state index in [-0.39, 0.29) is 21.9 Å². The number of carbonyl (C=O) groups excluding carboxylic acids is 2. The normalized spacial score (nSPS) is 11.5. The summed E-state index contributed by atoms with van der Waals surface area (Å²) < 4.78 is 28.0. The summed E-state index contributed by atoms with van der Waals surface area (Å²) in [6.07, 6.45) is 0. The molecule has 0 aliphatic carbocycles. The third-order valence-electron chi connectivity index (χ3n) is 4.60. The summed E-state index contributed by atoms with van der Waals surface area (Å²) in [5.74, 6) is -0.673. The van der Waals surface area contributed by atoms with E-state index in [1.165, 1.54) is 24.3 Å². The van der Waals surface area contributed by atoms with Crippen LogP contribution in [0.5, 0.6) is 0 Å². The van der Waals surface area contributed by atoms with Crippen LogP contribution in [0, 0.1) is 6.92 Å². The maximum Gasteiger partial charge on any atom is 0.261 e. The first-order chi connectivity index (χ1) is 15.4. The smallest absolute Gasteiger partial charge is 0.261 e. The number of hydrogen-bond donors (Lipinski definition) is 3. The zero-order valence-electron chi connectivity index (χ0n) is 19.0. The predicted molar refractivity (Wildman–Crippen MR) is 130 cm³/mol. The Kier molecular flexibility index (Phi) is 6.88. The Hall–Kier alpha value is -3.65. The van der Waals surface area contributed by atoms with E-state index < -0.39 is 15.9 Å². The average Bonchev–Trinajstić information content (AvgIpc) is 2.74. The summed E-state index contributed by atoms with van der Waals surface area (Å²) in [4.78, 5) is 24.9. The van der Waals surface area contributed by atoms with E-state index in [0.29, 0.717) is 16.9 Å². The van der Waals surface area contributed by atoms with Crippen molar-refractivity contribution in [2.75, 3.05) is 10.0 Å². The quantitative estimate of drug-likeness (QED) is 0.496. The highest BCUT2D eigenvalue weighted by Gasteiger charge is 2.18. The monoisotopic (exact) mass is 465 g/mol. The molecule has 0 aliphatic heterocycles. The van der Waals surface area contributed by atoms with Crippen molar-refractivity contribution in [3.05, 3.63) is 89.5 Å². The molecule has 0 saturated carbocycles. The van der Waals surface area contributed by atoms with E-state index in [4.69, 9.17) is 0 Å². The van der Waals surface area contributed by atoms with Crippen LogP contribution < -0.4 is 15.4 Å². The van der Waals surface area contributed by atoms with Gasteiger partial charge in [-0.3, -0.25) is 14.3 Å². The van der Waals surface area contributed by atoms with Crippen LogP contribution in [0.15, 0.2) is 77.7 Å². The first-order valence-corrected chi connectivity index (χ1v) is 11.8. The largest absolute Gasteiger partial charge is 0.347 e.